The van der Waals surface area contributed by atoms with Crippen LogP contribution in [-0.4, -0.2) is 44.8 Å². The van der Waals surface area contributed by atoms with Crippen molar-refractivity contribution in [1.82, 2.24) is 4.90 Å². The van der Waals surface area contributed by atoms with Crippen LogP contribution >= 0.6 is 0 Å². The van der Waals surface area contributed by atoms with Crippen LogP contribution in [0.2, 0.25) is 0 Å². The Balaban J connectivity index is 1.87. The van der Waals surface area contributed by atoms with Gasteiger partial charge in [0.25, 0.3) is 0 Å². The Morgan fingerprint density at radius 2 is 1.88 bits per heavy atom. The maximum atomic E-state index is 12.1. The summed E-state index contributed by atoms with van der Waals surface area (Å²) in [4.78, 5) is 14.7. The molecule has 0 spiro atoms. The number of hydrogen-bond donors (Lipinski definition) is 0. The van der Waals surface area contributed by atoms with Crippen LogP contribution in [0, 0.1) is 11.8 Å². The molecule has 3 atom stereocenters. The molecule has 5 nitrogen and oxygen atoms in total. The van der Waals surface area contributed by atoms with Crippen molar-refractivity contribution in [2.75, 3.05) is 33.9 Å². The fourth-order valence-corrected chi connectivity index (χ4v) is 4.65. The molecule has 2 aliphatic heterocycles. The SMILES string of the molecule is CCOC(=O)C[C@@H]1C[C@H]2c3cc(OC)c(OC)cc3CCN2C[C@H]1CC. The van der Waals surface area contributed by atoms with Gasteiger partial charge in [0.1, 0.15) is 0 Å². The highest BCUT2D eigenvalue weighted by Gasteiger charge is 2.39. The highest BCUT2D eigenvalue weighted by atomic mass is 16.5. The van der Waals surface area contributed by atoms with Gasteiger partial charge in [-0.15, -0.1) is 0 Å². The average molecular weight is 361 g/mol. The fraction of sp³-hybridized carbons (Fsp3) is 0.667. The van der Waals surface area contributed by atoms with E-state index < -0.39 is 0 Å². The predicted octanol–water partition coefficient (Wildman–Crippen LogP) is 3.60. The number of ether oxygens (including phenoxy) is 3. The largest absolute Gasteiger partial charge is 0.493 e. The van der Waals surface area contributed by atoms with Crippen molar-refractivity contribution in [3.05, 3.63) is 23.3 Å². The maximum absolute atomic E-state index is 12.1. The Morgan fingerprint density at radius 3 is 2.54 bits per heavy atom. The Labute approximate surface area is 156 Å². The van der Waals surface area contributed by atoms with Crippen molar-refractivity contribution in [3.8, 4) is 11.5 Å². The summed E-state index contributed by atoms with van der Waals surface area (Å²) in [5.74, 6) is 2.45. The van der Waals surface area contributed by atoms with Crippen molar-refractivity contribution in [1.29, 1.82) is 0 Å². The third kappa shape index (κ3) is 3.68. The van der Waals surface area contributed by atoms with E-state index in [9.17, 15) is 4.79 Å². The van der Waals surface area contributed by atoms with Crippen LogP contribution < -0.4 is 9.47 Å². The number of hydrogen-bond acceptors (Lipinski definition) is 5. The topological polar surface area (TPSA) is 48.0 Å². The molecule has 0 saturated carbocycles. The lowest BCUT2D eigenvalue weighted by atomic mass is 9.74. The van der Waals surface area contributed by atoms with Crippen molar-refractivity contribution < 1.29 is 19.0 Å². The third-order valence-electron chi connectivity index (χ3n) is 6.03. The zero-order valence-electron chi connectivity index (χ0n) is 16.4. The molecule has 0 unspecified atom stereocenters. The first-order valence-electron chi connectivity index (χ1n) is 9.75. The van der Waals surface area contributed by atoms with Crippen molar-refractivity contribution in [2.45, 2.75) is 45.6 Å². The summed E-state index contributed by atoms with van der Waals surface area (Å²) in [7, 11) is 3.36. The van der Waals surface area contributed by atoms with Gasteiger partial charge in [0.2, 0.25) is 0 Å². The first kappa shape index (κ1) is 19.0. The summed E-state index contributed by atoms with van der Waals surface area (Å²) >= 11 is 0. The molecule has 0 amide bonds. The number of rotatable bonds is 6. The van der Waals surface area contributed by atoms with Crippen LogP contribution in [0.15, 0.2) is 12.1 Å². The summed E-state index contributed by atoms with van der Waals surface area (Å²) in [6, 6.07) is 4.61. The second-order valence-electron chi connectivity index (χ2n) is 7.34. The molecule has 1 aromatic carbocycles. The van der Waals surface area contributed by atoms with E-state index in [4.69, 9.17) is 14.2 Å². The van der Waals surface area contributed by atoms with Crippen LogP contribution in [0.1, 0.15) is 50.3 Å². The van der Waals surface area contributed by atoms with Gasteiger partial charge in [0.05, 0.1) is 20.8 Å². The molecule has 3 rings (SSSR count). The lowest BCUT2D eigenvalue weighted by molar-refractivity contribution is -0.145. The molecule has 2 heterocycles. The zero-order valence-corrected chi connectivity index (χ0v) is 16.4. The van der Waals surface area contributed by atoms with E-state index in [0.29, 0.717) is 30.9 Å². The summed E-state index contributed by atoms with van der Waals surface area (Å²) < 4.78 is 16.2. The number of esters is 1. The van der Waals surface area contributed by atoms with E-state index >= 15 is 0 Å². The van der Waals surface area contributed by atoms with Crippen LogP contribution in [0.4, 0.5) is 0 Å². The van der Waals surface area contributed by atoms with E-state index in [1.165, 1.54) is 11.1 Å². The van der Waals surface area contributed by atoms with Gasteiger partial charge in [-0.2, -0.15) is 0 Å². The Bertz CT molecular complexity index is 645. The number of fused-ring (bicyclic) bond motifs is 3. The molecule has 1 fully saturated rings. The molecule has 2 aliphatic rings. The third-order valence-corrected chi connectivity index (χ3v) is 6.03. The average Bonchev–Trinajstić information content (AvgIpc) is 2.66. The number of nitrogens with zero attached hydrogens (tertiary/aromatic N) is 1. The second kappa shape index (κ2) is 8.30. The number of piperidine rings is 1. The van der Waals surface area contributed by atoms with Crippen LogP contribution in [-0.2, 0) is 16.0 Å². The van der Waals surface area contributed by atoms with Gasteiger partial charge in [-0.1, -0.05) is 13.3 Å². The van der Waals surface area contributed by atoms with E-state index in [2.05, 4.69) is 24.0 Å². The van der Waals surface area contributed by atoms with Gasteiger partial charge in [-0.05, 0) is 54.9 Å². The second-order valence-corrected chi connectivity index (χ2v) is 7.34. The molecule has 144 valence electrons. The standard InChI is InChI=1S/C21H31NO4/c1-5-14-13-22-8-7-15-10-19(24-3)20(25-4)12-17(15)18(22)9-16(14)11-21(23)26-6-2/h10,12,14,16,18H,5-9,11,13H2,1-4H3/t14-,16+,18+/m1/s1. The van der Waals surface area contributed by atoms with Crippen LogP contribution in [0.3, 0.4) is 0 Å². The highest BCUT2D eigenvalue weighted by Crippen LogP contribution is 2.45. The molecule has 1 saturated heterocycles. The molecule has 26 heavy (non-hydrogen) atoms. The summed E-state index contributed by atoms with van der Waals surface area (Å²) in [5, 5.41) is 0. The number of methoxy groups -OCH3 is 2. The Kier molecular flexibility index (Phi) is 6.07. The number of carbonyl (C=O) groups is 1. The van der Waals surface area contributed by atoms with E-state index in [-0.39, 0.29) is 5.97 Å². The minimum Gasteiger partial charge on any atom is -0.493 e. The van der Waals surface area contributed by atoms with Gasteiger partial charge in [0.15, 0.2) is 11.5 Å². The monoisotopic (exact) mass is 361 g/mol. The minimum atomic E-state index is -0.0623. The molecule has 0 bridgehead atoms. The molecular weight excluding hydrogens is 330 g/mol. The van der Waals surface area contributed by atoms with Gasteiger partial charge in [0, 0.05) is 25.6 Å². The lowest BCUT2D eigenvalue weighted by Crippen LogP contribution is -2.46. The lowest BCUT2D eigenvalue weighted by Gasteiger charge is -2.47. The molecule has 5 heteroatoms. The van der Waals surface area contributed by atoms with Gasteiger partial charge in [-0.3, -0.25) is 9.69 Å². The molecule has 0 aliphatic carbocycles. The molecule has 0 N–H and O–H groups in total. The van der Waals surface area contributed by atoms with Gasteiger partial charge < -0.3 is 14.2 Å². The smallest absolute Gasteiger partial charge is 0.306 e. The normalized spacial score (nSPS) is 25.2. The van der Waals surface area contributed by atoms with E-state index in [1.54, 1.807) is 14.2 Å². The van der Waals surface area contributed by atoms with Crippen LogP contribution in [0.25, 0.3) is 0 Å². The van der Waals surface area contributed by atoms with Crippen LogP contribution in [0.5, 0.6) is 11.5 Å². The summed E-state index contributed by atoms with van der Waals surface area (Å²) in [6.45, 7) is 6.68. The molecular formula is C21H31NO4. The highest BCUT2D eigenvalue weighted by molar-refractivity contribution is 5.69. The van der Waals surface area contributed by atoms with Crippen molar-refractivity contribution in [2.24, 2.45) is 11.8 Å². The predicted molar refractivity (Wildman–Crippen MR) is 101 cm³/mol. The Morgan fingerprint density at radius 1 is 1.15 bits per heavy atom. The van der Waals surface area contributed by atoms with E-state index in [1.807, 2.05) is 6.92 Å². The number of carbonyl (C=O) groups excluding carboxylic acids is 1. The molecule has 1 aromatic rings. The zero-order chi connectivity index (χ0) is 18.7. The molecule has 0 aromatic heterocycles. The summed E-state index contributed by atoms with van der Waals surface area (Å²) in [5.41, 5.74) is 2.67. The first-order valence-corrected chi connectivity index (χ1v) is 9.75. The molecule has 0 radical (unpaired) electrons. The minimum absolute atomic E-state index is 0.0623. The van der Waals surface area contributed by atoms with Crippen molar-refractivity contribution in [3.63, 3.8) is 0 Å². The fourth-order valence-electron chi connectivity index (χ4n) is 4.65. The summed E-state index contributed by atoms with van der Waals surface area (Å²) in [6.07, 6.45) is 3.66. The Hall–Kier alpha value is -1.75. The van der Waals surface area contributed by atoms with Gasteiger partial charge in [-0.25, -0.2) is 0 Å². The van der Waals surface area contributed by atoms with Crippen molar-refractivity contribution >= 4 is 5.97 Å². The van der Waals surface area contributed by atoms with E-state index in [0.717, 1.165) is 43.9 Å². The number of benzene rings is 1. The maximum Gasteiger partial charge on any atom is 0.306 e. The quantitative estimate of drug-likeness (QED) is 0.725. The first-order chi connectivity index (χ1) is 12.6. The van der Waals surface area contributed by atoms with Gasteiger partial charge >= 0.3 is 5.97 Å².